The van der Waals surface area contributed by atoms with Crippen LogP contribution in [0.2, 0.25) is 0 Å². The molecule has 0 N–H and O–H groups in total. The first-order chi connectivity index (χ1) is 4.76. The monoisotopic (exact) mass is 143 g/mol. The van der Waals surface area contributed by atoms with E-state index in [1.807, 2.05) is 0 Å². The van der Waals surface area contributed by atoms with E-state index in [9.17, 15) is 0 Å². The first-order valence-electron chi connectivity index (χ1n) is 4.46. The topological polar surface area (TPSA) is 3.24 Å². The highest BCUT2D eigenvalue weighted by molar-refractivity contribution is 4.63. The minimum Gasteiger partial charge on any atom is -0.303 e. The van der Waals surface area contributed by atoms with E-state index in [1.54, 1.807) is 0 Å². The zero-order valence-corrected chi connectivity index (χ0v) is 7.85. The third kappa shape index (κ3) is 3.21. The van der Waals surface area contributed by atoms with E-state index < -0.39 is 0 Å². The Hall–Kier alpha value is -0.0400. The van der Waals surface area contributed by atoms with Crippen LogP contribution in [0.1, 0.15) is 40.0 Å². The summed E-state index contributed by atoms with van der Waals surface area (Å²) in [4.78, 5) is 2.46. The molecule has 0 aliphatic heterocycles. The lowest BCUT2D eigenvalue weighted by Gasteiger charge is -2.25. The zero-order valence-electron chi connectivity index (χ0n) is 7.85. The lowest BCUT2D eigenvalue weighted by atomic mass is 10.1. The minimum absolute atomic E-state index is 0.806. The third-order valence-corrected chi connectivity index (χ3v) is 2.14. The van der Waals surface area contributed by atoms with Gasteiger partial charge in [0, 0.05) is 6.04 Å². The fourth-order valence-electron chi connectivity index (χ4n) is 1.45. The average molecular weight is 143 g/mol. The first kappa shape index (κ1) is 9.96. The summed E-state index contributed by atoms with van der Waals surface area (Å²) in [6.45, 7) is 8.01. The summed E-state index contributed by atoms with van der Waals surface area (Å²) in [6.07, 6.45) is 3.84. The Balaban J connectivity index is 3.53. The van der Waals surface area contributed by atoms with Gasteiger partial charge in [-0.3, -0.25) is 0 Å². The summed E-state index contributed by atoms with van der Waals surface area (Å²) in [5, 5.41) is 0. The standard InChI is InChI=1S/C9H21N/c1-5-8-10(4)9(6-2)7-3/h9H,5-8H2,1-4H3. The fourth-order valence-corrected chi connectivity index (χ4v) is 1.45. The van der Waals surface area contributed by atoms with E-state index in [4.69, 9.17) is 0 Å². The molecule has 0 aliphatic rings. The van der Waals surface area contributed by atoms with Crippen molar-refractivity contribution in [2.75, 3.05) is 13.6 Å². The molecule has 0 aromatic carbocycles. The van der Waals surface area contributed by atoms with Gasteiger partial charge < -0.3 is 4.90 Å². The highest BCUT2D eigenvalue weighted by Crippen LogP contribution is 2.05. The second-order valence-corrected chi connectivity index (χ2v) is 2.95. The number of hydrogen-bond donors (Lipinski definition) is 0. The van der Waals surface area contributed by atoms with Crippen LogP contribution in [-0.2, 0) is 0 Å². The van der Waals surface area contributed by atoms with Gasteiger partial charge in [0.15, 0.2) is 0 Å². The fraction of sp³-hybridized carbons (Fsp3) is 1.00. The van der Waals surface area contributed by atoms with Gasteiger partial charge in [0.2, 0.25) is 0 Å². The van der Waals surface area contributed by atoms with Crippen molar-refractivity contribution >= 4 is 0 Å². The first-order valence-corrected chi connectivity index (χ1v) is 4.46. The normalized spacial score (nSPS) is 11.4. The van der Waals surface area contributed by atoms with Crippen molar-refractivity contribution in [3.63, 3.8) is 0 Å². The molecule has 1 nitrogen and oxygen atoms in total. The Labute approximate surface area is 65.4 Å². The summed E-state index contributed by atoms with van der Waals surface area (Å²) in [5.41, 5.74) is 0. The molecule has 0 bridgehead atoms. The Morgan fingerprint density at radius 2 is 1.60 bits per heavy atom. The summed E-state index contributed by atoms with van der Waals surface area (Å²) in [5.74, 6) is 0. The molecule has 0 unspecified atom stereocenters. The number of rotatable bonds is 5. The molecule has 0 aromatic rings. The molecule has 0 spiro atoms. The predicted molar refractivity (Wildman–Crippen MR) is 47.3 cm³/mol. The molecule has 62 valence electrons. The van der Waals surface area contributed by atoms with Crippen LogP contribution in [-0.4, -0.2) is 24.5 Å². The number of nitrogens with zero attached hydrogens (tertiary/aromatic N) is 1. The smallest absolute Gasteiger partial charge is 0.00869 e. The molecule has 0 aromatic heterocycles. The zero-order chi connectivity index (χ0) is 7.98. The molecule has 0 fully saturated rings. The average Bonchev–Trinajstić information content (AvgIpc) is 1.91. The Morgan fingerprint density at radius 1 is 1.10 bits per heavy atom. The Kier molecular flexibility index (Phi) is 5.70. The van der Waals surface area contributed by atoms with Crippen molar-refractivity contribution in [1.82, 2.24) is 4.90 Å². The van der Waals surface area contributed by atoms with E-state index >= 15 is 0 Å². The SMILES string of the molecule is CCCN(C)C(CC)CC. The molecule has 0 radical (unpaired) electrons. The molecule has 0 heterocycles. The van der Waals surface area contributed by atoms with E-state index in [0.717, 1.165) is 6.04 Å². The van der Waals surface area contributed by atoms with Crippen LogP contribution >= 0.6 is 0 Å². The van der Waals surface area contributed by atoms with Crippen LogP contribution in [0, 0.1) is 0 Å². The molecular formula is C9H21N. The highest BCUT2D eigenvalue weighted by atomic mass is 15.1. The molecule has 0 saturated heterocycles. The summed E-state index contributed by atoms with van der Waals surface area (Å²) >= 11 is 0. The largest absolute Gasteiger partial charge is 0.303 e. The van der Waals surface area contributed by atoms with Gasteiger partial charge in [-0.15, -0.1) is 0 Å². The molecule has 0 amide bonds. The predicted octanol–water partition coefficient (Wildman–Crippen LogP) is 2.52. The van der Waals surface area contributed by atoms with E-state index in [-0.39, 0.29) is 0 Å². The van der Waals surface area contributed by atoms with Crippen molar-refractivity contribution in [2.24, 2.45) is 0 Å². The van der Waals surface area contributed by atoms with Crippen LogP contribution in [0.5, 0.6) is 0 Å². The molecule has 0 saturated carbocycles. The lowest BCUT2D eigenvalue weighted by Crippen LogP contribution is -2.30. The second-order valence-electron chi connectivity index (χ2n) is 2.95. The molecular weight excluding hydrogens is 122 g/mol. The van der Waals surface area contributed by atoms with Gasteiger partial charge in [-0.25, -0.2) is 0 Å². The van der Waals surface area contributed by atoms with Crippen molar-refractivity contribution in [3.8, 4) is 0 Å². The Morgan fingerprint density at radius 3 is 1.90 bits per heavy atom. The van der Waals surface area contributed by atoms with E-state index in [2.05, 4.69) is 32.7 Å². The van der Waals surface area contributed by atoms with Crippen LogP contribution < -0.4 is 0 Å². The maximum absolute atomic E-state index is 2.46. The number of hydrogen-bond acceptors (Lipinski definition) is 1. The van der Waals surface area contributed by atoms with Crippen LogP contribution in [0.4, 0.5) is 0 Å². The van der Waals surface area contributed by atoms with Crippen molar-refractivity contribution in [2.45, 2.75) is 46.1 Å². The van der Waals surface area contributed by atoms with Gasteiger partial charge in [-0.2, -0.15) is 0 Å². The van der Waals surface area contributed by atoms with Crippen molar-refractivity contribution in [3.05, 3.63) is 0 Å². The molecule has 10 heavy (non-hydrogen) atoms. The van der Waals surface area contributed by atoms with Gasteiger partial charge in [0.25, 0.3) is 0 Å². The quantitative estimate of drug-likeness (QED) is 0.571. The van der Waals surface area contributed by atoms with Crippen LogP contribution in [0.25, 0.3) is 0 Å². The third-order valence-electron chi connectivity index (χ3n) is 2.14. The van der Waals surface area contributed by atoms with Gasteiger partial charge in [-0.05, 0) is 32.9 Å². The second kappa shape index (κ2) is 5.72. The van der Waals surface area contributed by atoms with E-state index in [0.29, 0.717) is 0 Å². The lowest BCUT2D eigenvalue weighted by molar-refractivity contribution is 0.230. The molecule has 0 rings (SSSR count). The van der Waals surface area contributed by atoms with Gasteiger partial charge in [0.1, 0.15) is 0 Å². The molecule has 0 aliphatic carbocycles. The van der Waals surface area contributed by atoms with Gasteiger partial charge in [-0.1, -0.05) is 20.8 Å². The van der Waals surface area contributed by atoms with E-state index in [1.165, 1.54) is 25.8 Å². The van der Waals surface area contributed by atoms with Gasteiger partial charge in [0.05, 0.1) is 0 Å². The van der Waals surface area contributed by atoms with Crippen molar-refractivity contribution < 1.29 is 0 Å². The highest BCUT2D eigenvalue weighted by Gasteiger charge is 2.07. The molecule has 1 heteroatoms. The van der Waals surface area contributed by atoms with Crippen LogP contribution in [0.3, 0.4) is 0 Å². The summed E-state index contributed by atoms with van der Waals surface area (Å²) < 4.78 is 0. The van der Waals surface area contributed by atoms with Crippen molar-refractivity contribution in [1.29, 1.82) is 0 Å². The summed E-state index contributed by atoms with van der Waals surface area (Å²) in [6, 6.07) is 0.806. The van der Waals surface area contributed by atoms with Crippen LogP contribution in [0.15, 0.2) is 0 Å². The maximum Gasteiger partial charge on any atom is 0.00869 e. The molecule has 0 atom stereocenters. The minimum atomic E-state index is 0.806. The maximum atomic E-state index is 2.46. The summed E-state index contributed by atoms with van der Waals surface area (Å²) in [7, 11) is 2.22. The Bertz CT molecular complexity index is 67.1. The van der Waals surface area contributed by atoms with Gasteiger partial charge >= 0.3 is 0 Å².